The minimum atomic E-state index is -0.279. The molecule has 14 heavy (non-hydrogen) atoms. The molecule has 2 N–H and O–H groups in total. The molecule has 0 aliphatic rings. The summed E-state index contributed by atoms with van der Waals surface area (Å²) in [6.07, 6.45) is 5.05. The van der Waals surface area contributed by atoms with Crippen LogP contribution in [0.25, 0.3) is 0 Å². The monoisotopic (exact) mass is 191 g/mol. The number of halogens is 1. The molecule has 0 atom stereocenters. The Morgan fingerprint density at radius 1 is 1.43 bits per heavy atom. The van der Waals surface area contributed by atoms with Crippen LogP contribution in [-0.4, -0.2) is 9.55 Å². The van der Waals surface area contributed by atoms with Gasteiger partial charge in [0, 0.05) is 23.6 Å². The molecule has 2 rings (SSSR count). The quantitative estimate of drug-likeness (QED) is 0.733. The summed E-state index contributed by atoms with van der Waals surface area (Å²) in [5, 5.41) is 0. The van der Waals surface area contributed by atoms with Crippen molar-refractivity contribution in [2.24, 2.45) is 0 Å². The number of nitrogen functional groups attached to an aromatic ring is 1. The first-order chi connectivity index (χ1) is 6.77. The summed E-state index contributed by atoms with van der Waals surface area (Å²) < 4.78 is 15.1. The van der Waals surface area contributed by atoms with Crippen molar-refractivity contribution in [3.05, 3.63) is 48.3 Å². The lowest BCUT2D eigenvalue weighted by Crippen LogP contribution is -2.03. The van der Waals surface area contributed by atoms with Crippen LogP contribution in [0.1, 0.15) is 5.56 Å². The molecule has 2 aromatic rings. The lowest BCUT2D eigenvalue weighted by atomic mass is 10.1. The molecule has 0 amide bonds. The van der Waals surface area contributed by atoms with Gasteiger partial charge in [0.25, 0.3) is 0 Å². The number of nitrogens with zero attached hydrogens (tertiary/aromatic N) is 2. The summed E-state index contributed by atoms with van der Waals surface area (Å²) in [6, 6.07) is 4.69. The van der Waals surface area contributed by atoms with Crippen molar-refractivity contribution in [3.8, 4) is 0 Å². The predicted octanol–water partition coefficient (Wildman–Crippen LogP) is 1.65. The van der Waals surface area contributed by atoms with E-state index in [1.54, 1.807) is 35.4 Å². The summed E-state index contributed by atoms with van der Waals surface area (Å²) in [5.41, 5.74) is 6.64. The molecular formula is C10H10FN3. The first-order valence-corrected chi connectivity index (χ1v) is 4.26. The van der Waals surface area contributed by atoms with Crippen LogP contribution in [0.15, 0.2) is 36.9 Å². The second-order valence-electron chi connectivity index (χ2n) is 3.04. The van der Waals surface area contributed by atoms with E-state index in [9.17, 15) is 4.39 Å². The highest BCUT2D eigenvalue weighted by atomic mass is 19.1. The smallest absolute Gasteiger partial charge is 0.130 e. The summed E-state index contributed by atoms with van der Waals surface area (Å²) in [4.78, 5) is 3.88. The van der Waals surface area contributed by atoms with Crippen molar-refractivity contribution in [2.75, 3.05) is 5.73 Å². The molecule has 0 fully saturated rings. The van der Waals surface area contributed by atoms with Crippen LogP contribution in [-0.2, 0) is 6.54 Å². The van der Waals surface area contributed by atoms with Crippen molar-refractivity contribution in [1.29, 1.82) is 0 Å². The van der Waals surface area contributed by atoms with Gasteiger partial charge in [-0.25, -0.2) is 9.37 Å². The van der Waals surface area contributed by atoms with E-state index >= 15 is 0 Å². The highest BCUT2D eigenvalue weighted by Gasteiger charge is 2.05. The molecule has 0 aliphatic carbocycles. The van der Waals surface area contributed by atoms with Crippen LogP contribution in [0, 0.1) is 5.82 Å². The molecule has 0 aliphatic heterocycles. The minimum absolute atomic E-state index is 0.279. The number of hydrogen-bond acceptors (Lipinski definition) is 2. The first-order valence-electron chi connectivity index (χ1n) is 4.26. The van der Waals surface area contributed by atoms with Crippen LogP contribution < -0.4 is 5.73 Å². The van der Waals surface area contributed by atoms with E-state index in [1.165, 1.54) is 6.07 Å². The molecule has 0 unspecified atom stereocenters. The number of nitrogens with two attached hydrogens (primary N) is 1. The van der Waals surface area contributed by atoms with Crippen molar-refractivity contribution in [3.63, 3.8) is 0 Å². The number of aromatic nitrogens is 2. The van der Waals surface area contributed by atoms with E-state index < -0.39 is 0 Å². The van der Waals surface area contributed by atoms with Gasteiger partial charge < -0.3 is 10.3 Å². The summed E-state index contributed by atoms with van der Waals surface area (Å²) in [6.45, 7) is 0.415. The molecular weight excluding hydrogens is 181 g/mol. The molecule has 1 aromatic heterocycles. The third-order valence-corrected chi connectivity index (χ3v) is 2.05. The van der Waals surface area contributed by atoms with E-state index in [-0.39, 0.29) is 5.82 Å². The Labute approximate surface area is 81.0 Å². The Balaban J connectivity index is 2.33. The number of imidazole rings is 1. The molecule has 0 saturated heterocycles. The van der Waals surface area contributed by atoms with Gasteiger partial charge in [0.2, 0.25) is 0 Å². The fourth-order valence-electron chi connectivity index (χ4n) is 1.30. The van der Waals surface area contributed by atoms with E-state index in [1.807, 2.05) is 0 Å². The van der Waals surface area contributed by atoms with Gasteiger partial charge in [-0.2, -0.15) is 0 Å². The maximum absolute atomic E-state index is 13.3. The fourth-order valence-corrected chi connectivity index (χ4v) is 1.30. The lowest BCUT2D eigenvalue weighted by molar-refractivity contribution is 0.601. The van der Waals surface area contributed by atoms with Gasteiger partial charge in [-0.3, -0.25) is 0 Å². The number of rotatable bonds is 2. The summed E-state index contributed by atoms with van der Waals surface area (Å²) >= 11 is 0. The molecule has 0 spiro atoms. The molecule has 1 heterocycles. The highest BCUT2D eigenvalue weighted by Crippen LogP contribution is 2.16. The summed E-state index contributed by atoms with van der Waals surface area (Å²) in [5.74, 6) is -0.279. The number of hydrogen-bond donors (Lipinski definition) is 1. The van der Waals surface area contributed by atoms with Crippen LogP contribution in [0.2, 0.25) is 0 Å². The average Bonchev–Trinajstić information content (AvgIpc) is 2.64. The third kappa shape index (κ3) is 1.59. The predicted molar refractivity (Wildman–Crippen MR) is 52.1 cm³/mol. The largest absolute Gasteiger partial charge is 0.398 e. The molecule has 0 saturated carbocycles. The van der Waals surface area contributed by atoms with Crippen molar-refractivity contribution in [1.82, 2.24) is 9.55 Å². The zero-order chi connectivity index (χ0) is 9.97. The van der Waals surface area contributed by atoms with E-state index in [2.05, 4.69) is 4.98 Å². The Bertz CT molecular complexity index is 403. The second kappa shape index (κ2) is 3.49. The topological polar surface area (TPSA) is 43.8 Å². The minimum Gasteiger partial charge on any atom is -0.398 e. The molecule has 1 aromatic carbocycles. The Morgan fingerprint density at radius 2 is 2.29 bits per heavy atom. The van der Waals surface area contributed by atoms with Crippen LogP contribution in [0.5, 0.6) is 0 Å². The SMILES string of the molecule is Nc1cccc(F)c1Cn1ccnc1. The number of benzene rings is 1. The molecule has 72 valence electrons. The van der Waals surface area contributed by atoms with Gasteiger partial charge in [-0.15, -0.1) is 0 Å². The van der Waals surface area contributed by atoms with Crippen LogP contribution >= 0.6 is 0 Å². The highest BCUT2D eigenvalue weighted by molar-refractivity contribution is 5.47. The van der Waals surface area contributed by atoms with Crippen molar-refractivity contribution < 1.29 is 4.39 Å². The second-order valence-corrected chi connectivity index (χ2v) is 3.04. The molecule has 0 bridgehead atoms. The van der Waals surface area contributed by atoms with Gasteiger partial charge in [-0.1, -0.05) is 6.07 Å². The van der Waals surface area contributed by atoms with Crippen LogP contribution in [0.4, 0.5) is 10.1 Å². The van der Waals surface area contributed by atoms with Gasteiger partial charge >= 0.3 is 0 Å². The zero-order valence-corrected chi connectivity index (χ0v) is 7.52. The van der Waals surface area contributed by atoms with Gasteiger partial charge in [0.05, 0.1) is 12.9 Å². The van der Waals surface area contributed by atoms with E-state index in [4.69, 9.17) is 5.73 Å². The molecule has 4 heteroatoms. The maximum atomic E-state index is 13.3. The Hall–Kier alpha value is -1.84. The third-order valence-electron chi connectivity index (χ3n) is 2.05. The maximum Gasteiger partial charge on any atom is 0.130 e. The van der Waals surface area contributed by atoms with E-state index in [0.717, 1.165) is 0 Å². The molecule has 3 nitrogen and oxygen atoms in total. The van der Waals surface area contributed by atoms with Crippen molar-refractivity contribution in [2.45, 2.75) is 6.54 Å². The number of anilines is 1. The zero-order valence-electron chi connectivity index (χ0n) is 7.52. The molecule has 0 radical (unpaired) electrons. The van der Waals surface area contributed by atoms with Crippen LogP contribution in [0.3, 0.4) is 0 Å². The first kappa shape index (κ1) is 8.74. The van der Waals surface area contributed by atoms with Crippen molar-refractivity contribution >= 4 is 5.69 Å². The van der Waals surface area contributed by atoms with Gasteiger partial charge in [0.15, 0.2) is 0 Å². The average molecular weight is 191 g/mol. The van der Waals surface area contributed by atoms with Gasteiger partial charge in [-0.05, 0) is 12.1 Å². The Morgan fingerprint density at radius 3 is 2.93 bits per heavy atom. The normalized spacial score (nSPS) is 10.4. The summed E-state index contributed by atoms with van der Waals surface area (Å²) in [7, 11) is 0. The van der Waals surface area contributed by atoms with E-state index in [0.29, 0.717) is 17.8 Å². The standard InChI is InChI=1S/C10H10FN3/c11-9-2-1-3-10(12)8(9)6-14-5-4-13-7-14/h1-5,7H,6,12H2. The Kier molecular flexibility index (Phi) is 2.18. The van der Waals surface area contributed by atoms with Gasteiger partial charge in [0.1, 0.15) is 5.82 Å². The fraction of sp³-hybridized carbons (Fsp3) is 0.100. The lowest BCUT2D eigenvalue weighted by Gasteiger charge is -2.06.